The van der Waals surface area contributed by atoms with Crippen molar-refractivity contribution in [2.75, 3.05) is 12.3 Å². The predicted octanol–water partition coefficient (Wildman–Crippen LogP) is 1.17. The molecule has 11 nitrogen and oxygen atoms in total. The van der Waals surface area contributed by atoms with Crippen LogP contribution < -0.4 is 11.1 Å². The van der Waals surface area contributed by atoms with Crippen molar-refractivity contribution in [3.05, 3.63) is 43.1 Å². The number of hydrogen-bond donors (Lipinski definition) is 2. The molecule has 0 saturated heterocycles. The Morgan fingerprint density at radius 2 is 1.90 bits per heavy atom. The highest BCUT2D eigenvalue weighted by Gasteiger charge is 2.14. The summed E-state index contributed by atoms with van der Waals surface area (Å²) < 4.78 is 6.83. The second-order valence-corrected chi connectivity index (χ2v) is 6.07. The first kappa shape index (κ1) is 18.2. The summed E-state index contributed by atoms with van der Waals surface area (Å²) in [5.74, 6) is 0.785. The number of pyridine rings is 1. The normalized spacial score (nSPS) is 10.8. The van der Waals surface area contributed by atoms with E-state index in [1.165, 1.54) is 4.68 Å². The minimum Gasteiger partial charge on any atom is -0.368 e. The summed E-state index contributed by atoms with van der Waals surface area (Å²) in [7, 11) is 0. The summed E-state index contributed by atoms with van der Waals surface area (Å²) in [6.07, 6.45) is 8.09. The number of rotatable bonds is 6. The number of nitrogens with two attached hydrogens (primary N) is 1. The van der Waals surface area contributed by atoms with Crippen LogP contribution in [0.1, 0.15) is 6.92 Å². The van der Waals surface area contributed by atoms with Gasteiger partial charge in [-0.05, 0) is 19.1 Å². The Hall–Kier alpha value is -4.15. The minimum absolute atomic E-state index is 0.119. The molecule has 0 aliphatic carbocycles. The molecule has 4 heterocycles. The second-order valence-electron chi connectivity index (χ2n) is 6.07. The Morgan fingerprint density at radius 1 is 1.10 bits per heavy atom. The van der Waals surface area contributed by atoms with Gasteiger partial charge < -0.3 is 15.6 Å². The Balaban J connectivity index is 1.50. The van der Waals surface area contributed by atoms with Gasteiger partial charge in [-0.15, -0.1) is 0 Å². The van der Waals surface area contributed by atoms with Crippen LogP contribution in [0.2, 0.25) is 0 Å². The van der Waals surface area contributed by atoms with Crippen LogP contribution in [0.4, 0.5) is 5.95 Å². The fourth-order valence-corrected chi connectivity index (χ4v) is 2.59. The van der Waals surface area contributed by atoms with Crippen molar-refractivity contribution in [3.8, 4) is 34.1 Å². The summed E-state index contributed by atoms with van der Waals surface area (Å²) in [6.45, 7) is 2.55. The molecular weight excluding hydrogens is 374 g/mol. The summed E-state index contributed by atoms with van der Waals surface area (Å²) in [4.78, 5) is 28.3. The van der Waals surface area contributed by atoms with Gasteiger partial charge in [-0.3, -0.25) is 14.5 Å². The molecule has 4 aromatic rings. The van der Waals surface area contributed by atoms with Crippen molar-refractivity contribution >= 4 is 11.9 Å². The van der Waals surface area contributed by atoms with Crippen LogP contribution in [0.25, 0.3) is 34.1 Å². The van der Waals surface area contributed by atoms with E-state index in [0.717, 1.165) is 5.56 Å². The molecule has 0 bridgehead atoms. The van der Waals surface area contributed by atoms with E-state index in [9.17, 15) is 4.79 Å². The van der Waals surface area contributed by atoms with Gasteiger partial charge >= 0.3 is 0 Å². The maximum Gasteiger partial charge on any atom is 0.261 e. The standard InChI is InChI=1S/C18H17N9O2/c1-2-20-15(28)10-27-9-13(8-24-27)17-25-16(26-29-17)11-3-4-14(21-5-11)12-6-22-18(19)23-7-12/h3-9H,2,10H2,1H3,(H,20,28)(H2,19,22,23). The molecule has 0 atom stereocenters. The van der Waals surface area contributed by atoms with Gasteiger partial charge in [0.05, 0.1) is 17.5 Å². The van der Waals surface area contributed by atoms with Gasteiger partial charge in [0.15, 0.2) is 0 Å². The highest BCUT2D eigenvalue weighted by Crippen LogP contribution is 2.23. The van der Waals surface area contributed by atoms with Crippen molar-refractivity contribution in [1.82, 2.24) is 40.2 Å². The lowest BCUT2D eigenvalue weighted by molar-refractivity contribution is -0.121. The van der Waals surface area contributed by atoms with Crippen molar-refractivity contribution in [2.24, 2.45) is 0 Å². The molecule has 11 heteroatoms. The number of amides is 1. The van der Waals surface area contributed by atoms with E-state index in [4.69, 9.17) is 10.3 Å². The molecule has 0 fully saturated rings. The van der Waals surface area contributed by atoms with Crippen LogP contribution in [0, 0.1) is 0 Å². The molecule has 4 rings (SSSR count). The molecule has 0 spiro atoms. The predicted molar refractivity (Wildman–Crippen MR) is 103 cm³/mol. The zero-order chi connectivity index (χ0) is 20.2. The first-order valence-electron chi connectivity index (χ1n) is 8.80. The van der Waals surface area contributed by atoms with Crippen LogP contribution in [-0.4, -0.2) is 47.3 Å². The largest absolute Gasteiger partial charge is 0.368 e. The first-order chi connectivity index (χ1) is 14.1. The monoisotopic (exact) mass is 391 g/mol. The van der Waals surface area contributed by atoms with Gasteiger partial charge in [0.2, 0.25) is 17.7 Å². The van der Waals surface area contributed by atoms with E-state index >= 15 is 0 Å². The number of carbonyl (C=O) groups is 1. The Morgan fingerprint density at radius 3 is 2.62 bits per heavy atom. The molecule has 0 radical (unpaired) electrons. The molecule has 146 valence electrons. The summed E-state index contributed by atoms with van der Waals surface area (Å²) in [6, 6.07) is 3.64. The van der Waals surface area contributed by atoms with Gasteiger partial charge in [0, 0.05) is 42.5 Å². The maximum atomic E-state index is 11.6. The number of carbonyl (C=O) groups excluding carboxylic acids is 1. The summed E-state index contributed by atoms with van der Waals surface area (Å²) in [5.41, 5.74) is 8.26. The van der Waals surface area contributed by atoms with E-state index in [2.05, 4.69) is 35.5 Å². The minimum atomic E-state index is -0.119. The van der Waals surface area contributed by atoms with Crippen molar-refractivity contribution < 1.29 is 9.32 Å². The van der Waals surface area contributed by atoms with Crippen LogP contribution in [0.5, 0.6) is 0 Å². The van der Waals surface area contributed by atoms with Crippen molar-refractivity contribution in [2.45, 2.75) is 13.5 Å². The molecular formula is C18H17N9O2. The highest BCUT2D eigenvalue weighted by atomic mass is 16.5. The molecule has 4 aromatic heterocycles. The topological polar surface area (TPSA) is 151 Å². The lowest BCUT2D eigenvalue weighted by Gasteiger charge is -2.01. The molecule has 0 aliphatic rings. The number of nitrogen functional groups attached to an aromatic ring is 1. The number of nitrogens with one attached hydrogen (secondary N) is 1. The lowest BCUT2D eigenvalue weighted by atomic mass is 10.2. The number of hydrogen-bond acceptors (Lipinski definition) is 9. The Labute approximate surface area is 165 Å². The summed E-state index contributed by atoms with van der Waals surface area (Å²) in [5, 5.41) is 10.9. The average Bonchev–Trinajstić information content (AvgIpc) is 3.38. The Kier molecular flexibility index (Phi) is 4.93. The maximum absolute atomic E-state index is 11.6. The Bertz CT molecular complexity index is 1120. The SMILES string of the molecule is CCNC(=O)Cn1cc(-c2nc(-c3ccc(-c4cnc(N)nc4)nc3)no2)cn1. The van der Waals surface area contributed by atoms with Crippen molar-refractivity contribution in [1.29, 1.82) is 0 Å². The van der Waals surface area contributed by atoms with Crippen LogP contribution in [-0.2, 0) is 11.3 Å². The molecule has 1 amide bonds. The smallest absolute Gasteiger partial charge is 0.261 e. The van der Waals surface area contributed by atoms with Gasteiger partial charge in [-0.2, -0.15) is 10.1 Å². The van der Waals surface area contributed by atoms with Crippen LogP contribution in [0.3, 0.4) is 0 Å². The number of likely N-dealkylation sites (N-methyl/N-ethyl adjacent to an activating group) is 1. The molecule has 29 heavy (non-hydrogen) atoms. The van der Waals surface area contributed by atoms with E-state index in [0.29, 0.717) is 35.1 Å². The highest BCUT2D eigenvalue weighted by molar-refractivity contribution is 5.75. The van der Waals surface area contributed by atoms with E-state index in [1.54, 1.807) is 31.0 Å². The third-order valence-corrected chi connectivity index (χ3v) is 3.98. The van der Waals surface area contributed by atoms with Gasteiger partial charge in [0.1, 0.15) is 6.54 Å². The van der Waals surface area contributed by atoms with E-state index < -0.39 is 0 Å². The van der Waals surface area contributed by atoms with E-state index in [-0.39, 0.29) is 18.4 Å². The summed E-state index contributed by atoms with van der Waals surface area (Å²) >= 11 is 0. The third-order valence-electron chi connectivity index (χ3n) is 3.98. The van der Waals surface area contributed by atoms with Crippen molar-refractivity contribution in [3.63, 3.8) is 0 Å². The zero-order valence-corrected chi connectivity index (χ0v) is 15.5. The lowest BCUT2D eigenvalue weighted by Crippen LogP contribution is -2.27. The van der Waals surface area contributed by atoms with Gasteiger partial charge in [-0.1, -0.05) is 5.16 Å². The first-order valence-corrected chi connectivity index (χ1v) is 8.80. The number of aromatic nitrogens is 7. The van der Waals surface area contributed by atoms with Gasteiger partial charge in [-0.25, -0.2) is 9.97 Å². The van der Waals surface area contributed by atoms with Gasteiger partial charge in [0.25, 0.3) is 5.89 Å². The molecule has 0 unspecified atom stereocenters. The average molecular weight is 391 g/mol. The van der Waals surface area contributed by atoms with E-state index in [1.807, 2.05) is 19.1 Å². The number of anilines is 1. The zero-order valence-electron chi connectivity index (χ0n) is 15.5. The van der Waals surface area contributed by atoms with Crippen LogP contribution >= 0.6 is 0 Å². The molecule has 0 aromatic carbocycles. The second kappa shape index (κ2) is 7.84. The molecule has 0 aliphatic heterocycles. The fraction of sp³-hybridized carbons (Fsp3) is 0.167. The quantitative estimate of drug-likeness (QED) is 0.493. The molecule has 0 saturated carbocycles. The fourth-order valence-electron chi connectivity index (χ4n) is 2.59. The third kappa shape index (κ3) is 4.08. The number of nitrogens with zero attached hydrogens (tertiary/aromatic N) is 7. The van der Waals surface area contributed by atoms with Crippen LogP contribution in [0.15, 0.2) is 47.6 Å². The molecule has 3 N–H and O–H groups in total.